The number of aliphatic carboxylic acids is 2. The van der Waals surface area contributed by atoms with Gasteiger partial charge in [-0.2, -0.15) is 0 Å². The van der Waals surface area contributed by atoms with Gasteiger partial charge in [-0.3, -0.25) is 0 Å². The van der Waals surface area contributed by atoms with E-state index < -0.39 is 11.9 Å². The fraction of sp³-hybridized carbons (Fsp3) is 0.900. The number of hydrogen-bond donors (Lipinski definition) is 0. The van der Waals surface area contributed by atoms with Crippen LogP contribution in [-0.4, -0.2) is 38.1 Å². The maximum Gasteiger partial charge on any atom is 3.00 e. The zero-order valence-corrected chi connectivity index (χ0v) is 20.6. The van der Waals surface area contributed by atoms with Gasteiger partial charge in [0.05, 0.1) is 0 Å². The molecule has 0 amide bonds. The Balaban J connectivity index is -0.000000372. The second kappa shape index (κ2) is 16.0. The number of rotatable bonds is 10. The van der Waals surface area contributed by atoms with Crippen molar-refractivity contribution >= 4 is 38.1 Å². The van der Waals surface area contributed by atoms with Crippen molar-refractivity contribution in [1.82, 2.24) is 0 Å². The van der Waals surface area contributed by atoms with Crippen LogP contribution in [0.4, 0.5) is 0 Å². The van der Waals surface area contributed by atoms with E-state index in [1.807, 2.05) is 0 Å². The van der Waals surface area contributed by atoms with E-state index in [-0.39, 0.29) is 39.0 Å². The molecule has 2 radical (unpaired) electrons. The van der Waals surface area contributed by atoms with Gasteiger partial charge in [-0.15, -0.1) is 0 Å². The Morgan fingerprint density at radius 1 is 0.600 bits per heavy atom. The number of unbranched alkanes of at least 4 members (excludes halogenated alkanes) is 4. The van der Waals surface area contributed by atoms with Gasteiger partial charge >= 0.3 is 26.2 Å². The first kappa shape index (κ1) is 29.6. The summed E-state index contributed by atoms with van der Waals surface area (Å²) in [7, 11) is 0. The molecule has 0 aromatic carbocycles. The fourth-order valence-electron chi connectivity index (χ4n) is 2.20. The molecular formula is C20H38BiO4+. The van der Waals surface area contributed by atoms with Gasteiger partial charge in [0.15, 0.2) is 0 Å². The molecule has 5 heteroatoms. The van der Waals surface area contributed by atoms with Crippen molar-refractivity contribution in [3.8, 4) is 0 Å². The predicted molar refractivity (Wildman–Crippen MR) is 101 cm³/mol. The summed E-state index contributed by atoms with van der Waals surface area (Å²) in [5.41, 5.74) is 0.753. The summed E-state index contributed by atoms with van der Waals surface area (Å²) < 4.78 is 0. The Morgan fingerprint density at radius 3 is 1.08 bits per heavy atom. The second-order valence-electron chi connectivity index (χ2n) is 8.99. The molecule has 0 saturated carbocycles. The predicted octanol–water partition coefficient (Wildman–Crippen LogP) is 3.09. The van der Waals surface area contributed by atoms with Gasteiger partial charge in [-0.1, -0.05) is 67.2 Å². The van der Waals surface area contributed by atoms with Gasteiger partial charge in [0, 0.05) is 11.9 Å². The molecule has 0 spiro atoms. The molecule has 0 heterocycles. The van der Waals surface area contributed by atoms with E-state index in [9.17, 15) is 19.8 Å². The van der Waals surface area contributed by atoms with Gasteiger partial charge < -0.3 is 19.8 Å². The molecule has 0 bridgehead atoms. The van der Waals surface area contributed by atoms with E-state index in [0.29, 0.717) is 10.8 Å². The van der Waals surface area contributed by atoms with Gasteiger partial charge in [-0.25, -0.2) is 0 Å². The third-order valence-corrected chi connectivity index (χ3v) is 3.62. The van der Waals surface area contributed by atoms with Gasteiger partial charge in [-0.05, 0) is 49.4 Å². The first-order chi connectivity index (χ1) is 10.8. The van der Waals surface area contributed by atoms with Crippen LogP contribution in [0.15, 0.2) is 0 Å². The molecule has 0 rings (SSSR count). The summed E-state index contributed by atoms with van der Waals surface area (Å²) in [5, 5.41) is 20.1. The Hall–Kier alpha value is -0.177. The maximum atomic E-state index is 10.0. The van der Waals surface area contributed by atoms with E-state index in [1.54, 1.807) is 0 Å². The summed E-state index contributed by atoms with van der Waals surface area (Å²) in [6.07, 6.45) is 8.54. The smallest absolute Gasteiger partial charge is 0.550 e. The van der Waals surface area contributed by atoms with Crippen LogP contribution in [0.25, 0.3) is 0 Å². The molecule has 0 saturated heterocycles. The van der Waals surface area contributed by atoms with Crippen molar-refractivity contribution in [3.05, 3.63) is 0 Å². The van der Waals surface area contributed by atoms with Crippen LogP contribution in [0.5, 0.6) is 0 Å². The first-order valence-corrected chi connectivity index (χ1v) is 9.23. The van der Waals surface area contributed by atoms with E-state index >= 15 is 0 Å². The van der Waals surface area contributed by atoms with Gasteiger partial charge in [0.2, 0.25) is 0 Å². The van der Waals surface area contributed by atoms with Crippen LogP contribution < -0.4 is 10.2 Å². The molecule has 0 N–H and O–H groups in total. The standard InChI is InChI=1S/2C10H20O2.Bi/c2*1-10(2,3)8-6-4-5-7-9(11)12;/h2*4-8H2,1-3H3,(H,11,12);/q;;+3/p-2. The Labute approximate surface area is 174 Å². The second-order valence-corrected chi connectivity index (χ2v) is 8.99. The minimum absolute atomic E-state index is 0. The van der Waals surface area contributed by atoms with Crippen LogP contribution in [0.2, 0.25) is 0 Å². The Kier molecular flexibility index (Phi) is 19.0. The number of hydrogen-bond acceptors (Lipinski definition) is 4. The monoisotopic (exact) mass is 551 g/mol. The van der Waals surface area contributed by atoms with E-state index in [2.05, 4.69) is 41.5 Å². The van der Waals surface area contributed by atoms with E-state index in [4.69, 9.17) is 0 Å². The molecule has 0 aliphatic heterocycles. The normalized spacial score (nSPS) is 11.1. The molecule has 0 unspecified atom stereocenters. The molecule has 0 aliphatic rings. The molecule has 0 fully saturated rings. The van der Waals surface area contributed by atoms with Crippen molar-refractivity contribution in [3.63, 3.8) is 0 Å². The number of carbonyl (C=O) groups excluding carboxylic acids is 2. The van der Waals surface area contributed by atoms with Crippen LogP contribution >= 0.6 is 0 Å². The van der Waals surface area contributed by atoms with Crippen molar-refractivity contribution in [2.24, 2.45) is 10.8 Å². The van der Waals surface area contributed by atoms with Crippen LogP contribution in [0.3, 0.4) is 0 Å². The number of carbonyl (C=O) groups is 2. The summed E-state index contributed by atoms with van der Waals surface area (Å²) in [6, 6.07) is 0. The van der Waals surface area contributed by atoms with Crippen molar-refractivity contribution in [2.45, 2.75) is 106 Å². The maximum absolute atomic E-state index is 10.0. The molecule has 146 valence electrons. The Morgan fingerprint density at radius 2 is 0.880 bits per heavy atom. The first-order valence-electron chi connectivity index (χ1n) is 9.23. The summed E-state index contributed by atoms with van der Waals surface area (Å²) >= 11 is 0. The van der Waals surface area contributed by atoms with E-state index in [0.717, 1.165) is 38.5 Å². The summed E-state index contributed by atoms with van der Waals surface area (Å²) in [5.74, 6) is -1.85. The minimum Gasteiger partial charge on any atom is -0.550 e. The van der Waals surface area contributed by atoms with Crippen LogP contribution in [-0.2, 0) is 9.59 Å². The number of carboxylic acid groups (broad SMARTS) is 2. The van der Waals surface area contributed by atoms with E-state index in [1.165, 1.54) is 12.8 Å². The molecule has 25 heavy (non-hydrogen) atoms. The number of carboxylic acids is 2. The molecule has 0 aromatic heterocycles. The van der Waals surface area contributed by atoms with Crippen LogP contribution in [0.1, 0.15) is 106 Å². The molecule has 0 aliphatic carbocycles. The summed E-state index contributed by atoms with van der Waals surface area (Å²) in [6.45, 7) is 13.2. The third kappa shape index (κ3) is 35.7. The zero-order chi connectivity index (χ0) is 19.2. The average Bonchev–Trinajstić information content (AvgIpc) is 2.35. The molecule has 0 atom stereocenters. The fourth-order valence-corrected chi connectivity index (χ4v) is 2.20. The zero-order valence-electron chi connectivity index (χ0n) is 17.2. The quantitative estimate of drug-likeness (QED) is 0.309. The van der Waals surface area contributed by atoms with Crippen molar-refractivity contribution < 1.29 is 19.8 Å². The van der Waals surface area contributed by atoms with Gasteiger partial charge in [0.25, 0.3) is 0 Å². The third-order valence-electron chi connectivity index (χ3n) is 3.62. The molecule has 4 nitrogen and oxygen atoms in total. The minimum atomic E-state index is -0.925. The topological polar surface area (TPSA) is 80.3 Å². The molecule has 0 aromatic rings. The molecular weight excluding hydrogens is 513 g/mol. The summed E-state index contributed by atoms with van der Waals surface area (Å²) in [4.78, 5) is 20.1. The van der Waals surface area contributed by atoms with Crippen LogP contribution in [0, 0.1) is 10.8 Å². The Bertz CT molecular complexity index is 307. The van der Waals surface area contributed by atoms with Crippen molar-refractivity contribution in [1.29, 1.82) is 0 Å². The SMILES string of the molecule is CC(C)(C)CCCCCC(=O)[O-].CC(C)(C)CCCCCC(=O)[O-].[Bi+3]. The average molecular weight is 552 g/mol. The largest absolute Gasteiger partial charge is 3.00 e. The van der Waals surface area contributed by atoms with Gasteiger partial charge in [0.1, 0.15) is 0 Å². The van der Waals surface area contributed by atoms with Crippen molar-refractivity contribution in [2.75, 3.05) is 0 Å².